The molecule has 0 unspecified atom stereocenters. The van der Waals surface area contributed by atoms with E-state index in [1.807, 2.05) is 0 Å². The summed E-state index contributed by atoms with van der Waals surface area (Å²) in [5.74, 6) is -0.631. The molecule has 1 saturated heterocycles. The largest absolute Gasteiger partial charge is 0.494 e. The first kappa shape index (κ1) is 15.7. The first-order chi connectivity index (χ1) is 10.5. The molecule has 1 aliphatic heterocycles. The molecule has 0 N–H and O–H groups in total. The fraction of sp³-hybridized carbons (Fsp3) is 0.600. The van der Waals surface area contributed by atoms with E-state index >= 15 is 0 Å². The number of benzene rings is 1. The van der Waals surface area contributed by atoms with Gasteiger partial charge in [0.05, 0.1) is 30.8 Å². The van der Waals surface area contributed by atoms with Crippen LogP contribution in [0.3, 0.4) is 0 Å². The van der Waals surface area contributed by atoms with E-state index in [2.05, 4.69) is 0 Å². The number of ether oxygens (including phenoxy) is 2. The van der Waals surface area contributed by atoms with Gasteiger partial charge in [0.1, 0.15) is 0 Å². The SMILES string of the molecule is COc1ccc(S(=O)(=O)N2CCO[C@H]3CCCC[C@@H]32)cc1F. The molecule has 0 radical (unpaired) electrons. The monoisotopic (exact) mass is 329 g/mol. The van der Waals surface area contributed by atoms with Crippen molar-refractivity contribution < 1.29 is 22.3 Å². The molecule has 0 aromatic heterocycles. The topological polar surface area (TPSA) is 55.8 Å². The highest BCUT2D eigenvalue weighted by molar-refractivity contribution is 7.89. The van der Waals surface area contributed by atoms with E-state index in [0.29, 0.717) is 13.2 Å². The standard InChI is InChI=1S/C15H20FNO4S/c1-20-14-7-6-11(10-12(14)16)22(18,19)17-8-9-21-15-5-3-2-4-13(15)17/h6-7,10,13,15H,2-5,8-9H2,1H3/t13-,15-/m0/s1. The Hall–Kier alpha value is -1.18. The van der Waals surface area contributed by atoms with Gasteiger partial charge in [0.15, 0.2) is 11.6 Å². The van der Waals surface area contributed by atoms with Crippen molar-refractivity contribution in [3.63, 3.8) is 0 Å². The Kier molecular flexibility index (Phi) is 4.38. The summed E-state index contributed by atoms with van der Waals surface area (Å²) in [6.45, 7) is 0.705. The van der Waals surface area contributed by atoms with Gasteiger partial charge in [-0.3, -0.25) is 0 Å². The van der Waals surface area contributed by atoms with E-state index in [-0.39, 0.29) is 22.8 Å². The molecule has 0 spiro atoms. The molecule has 1 heterocycles. The van der Waals surface area contributed by atoms with Crippen molar-refractivity contribution in [1.82, 2.24) is 4.31 Å². The third-order valence-corrected chi connectivity index (χ3v) is 6.33. The second-order valence-electron chi connectivity index (χ2n) is 5.67. The summed E-state index contributed by atoms with van der Waals surface area (Å²) in [4.78, 5) is -0.0305. The molecule has 1 aromatic carbocycles. The van der Waals surface area contributed by atoms with Crippen molar-refractivity contribution in [3.8, 4) is 5.75 Å². The van der Waals surface area contributed by atoms with Crippen LogP contribution in [0.15, 0.2) is 23.1 Å². The van der Waals surface area contributed by atoms with E-state index in [1.165, 1.54) is 23.5 Å². The lowest BCUT2D eigenvalue weighted by molar-refractivity contribution is -0.0586. The zero-order chi connectivity index (χ0) is 15.7. The molecule has 0 amide bonds. The maximum absolute atomic E-state index is 13.8. The number of fused-ring (bicyclic) bond motifs is 1. The number of methoxy groups -OCH3 is 1. The molecule has 7 heteroatoms. The van der Waals surface area contributed by atoms with Crippen molar-refractivity contribution in [2.45, 2.75) is 42.7 Å². The first-order valence-corrected chi connectivity index (χ1v) is 8.95. The second-order valence-corrected chi connectivity index (χ2v) is 7.56. The average molecular weight is 329 g/mol. The highest BCUT2D eigenvalue weighted by Crippen LogP contribution is 2.33. The van der Waals surface area contributed by atoms with Crippen LogP contribution in [-0.2, 0) is 14.8 Å². The molecule has 22 heavy (non-hydrogen) atoms. The molecule has 1 saturated carbocycles. The van der Waals surface area contributed by atoms with Crippen LogP contribution >= 0.6 is 0 Å². The first-order valence-electron chi connectivity index (χ1n) is 7.51. The van der Waals surface area contributed by atoms with Crippen molar-refractivity contribution in [2.24, 2.45) is 0 Å². The minimum Gasteiger partial charge on any atom is -0.494 e. The summed E-state index contributed by atoms with van der Waals surface area (Å²) in [5.41, 5.74) is 0. The Morgan fingerprint density at radius 1 is 1.32 bits per heavy atom. The third kappa shape index (κ3) is 2.73. The van der Waals surface area contributed by atoms with Crippen LogP contribution in [0.1, 0.15) is 25.7 Å². The molecule has 1 aromatic rings. The van der Waals surface area contributed by atoms with Crippen LogP contribution in [0.4, 0.5) is 4.39 Å². The Morgan fingerprint density at radius 2 is 2.09 bits per heavy atom. The maximum atomic E-state index is 13.8. The van der Waals surface area contributed by atoms with Gasteiger partial charge in [-0.15, -0.1) is 0 Å². The van der Waals surface area contributed by atoms with Gasteiger partial charge in [-0.05, 0) is 31.0 Å². The highest BCUT2D eigenvalue weighted by Gasteiger charge is 2.41. The number of sulfonamides is 1. The Labute approximate surface area is 130 Å². The summed E-state index contributed by atoms with van der Waals surface area (Å²) in [5, 5.41) is 0. The number of nitrogens with zero attached hydrogens (tertiary/aromatic N) is 1. The zero-order valence-corrected chi connectivity index (χ0v) is 13.3. The summed E-state index contributed by atoms with van der Waals surface area (Å²) < 4.78 is 51.6. The van der Waals surface area contributed by atoms with Gasteiger partial charge in [-0.25, -0.2) is 12.8 Å². The van der Waals surface area contributed by atoms with E-state index in [9.17, 15) is 12.8 Å². The van der Waals surface area contributed by atoms with Crippen LogP contribution in [0, 0.1) is 5.82 Å². The lowest BCUT2D eigenvalue weighted by Crippen LogP contribution is -2.54. The molecule has 1 aliphatic carbocycles. The van der Waals surface area contributed by atoms with Crippen LogP contribution in [-0.4, -0.2) is 45.1 Å². The molecule has 2 fully saturated rings. The van der Waals surface area contributed by atoms with E-state index < -0.39 is 15.8 Å². The number of hydrogen-bond acceptors (Lipinski definition) is 4. The van der Waals surface area contributed by atoms with Crippen LogP contribution in [0.2, 0.25) is 0 Å². The number of rotatable bonds is 3. The molecule has 0 bridgehead atoms. The predicted molar refractivity (Wildman–Crippen MR) is 78.8 cm³/mol. The van der Waals surface area contributed by atoms with Gasteiger partial charge < -0.3 is 9.47 Å². The van der Waals surface area contributed by atoms with Gasteiger partial charge >= 0.3 is 0 Å². The summed E-state index contributed by atoms with van der Waals surface area (Å²) in [6, 6.07) is 3.63. The second kappa shape index (κ2) is 6.14. The molecule has 3 rings (SSSR count). The molecular weight excluding hydrogens is 309 g/mol. The van der Waals surface area contributed by atoms with Crippen LogP contribution < -0.4 is 4.74 Å². The average Bonchev–Trinajstić information content (AvgIpc) is 2.54. The molecule has 122 valence electrons. The fourth-order valence-corrected chi connectivity index (χ4v) is 4.98. The summed E-state index contributed by atoms with van der Waals surface area (Å²) >= 11 is 0. The van der Waals surface area contributed by atoms with E-state index in [0.717, 1.165) is 31.7 Å². The lowest BCUT2D eigenvalue weighted by Gasteiger charge is -2.42. The fourth-order valence-electron chi connectivity index (χ4n) is 3.30. The Balaban J connectivity index is 1.92. The van der Waals surface area contributed by atoms with Crippen LogP contribution in [0.5, 0.6) is 5.75 Å². The Bertz CT molecular complexity index is 647. The predicted octanol–water partition coefficient (Wildman–Crippen LogP) is 2.17. The molecule has 2 atom stereocenters. The quantitative estimate of drug-likeness (QED) is 0.853. The van der Waals surface area contributed by atoms with Crippen molar-refractivity contribution in [1.29, 1.82) is 0 Å². The highest BCUT2D eigenvalue weighted by atomic mass is 32.2. The Morgan fingerprint density at radius 3 is 2.82 bits per heavy atom. The van der Waals surface area contributed by atoms with Gasteiger partial charge in [0.25, 0.3) is 0 Å². The summed E-state index contributed by atoms with van der Waals surface area (Å²) in [6.07, 6.45) is 3.69. The van der Waals surface area contributed by atoms with Gasteiger partial charge in [0.2, 0.25) is 10.0 Å². The minimum atomic E-state index is -3.72. The lowest BCUT2D eigenvalue weighted by atomic mass is 9.91. The minimum absolute atomic E-state index is 0.0305. The third-order valence-electron chi connectivity index (χ3n) is 4.41. The van der Waals surface area contributed by atoms with Gasteiger partial charge in [0, 0.05) is 6.54 Å². The smallest absolute Gasteiger partial charge is 0.243 e. The normalized spacial score (nSPS) is 26.5. The molecular formula is C15H20FNO4S. The zero-order valence-electron chi connectivity index (χ0n) is 12.5. The van der Waals surface area contributed by atoms with Crippen molar-refractivity contribution in [3.05, 3.63) is 24.0 Å². The van der Waals surface area contributed by atoms with Crippen molar-refractivity contribution >= 4 is 10.0 Å². The number of halogens is 1. The number of hydrogen-bond donors (Lipinski definition) is 0. The maximum Gasteiger partial charge on any atom is 0.243 e. The van der Waals surface area contributed by atoms with Gasteiger partial charge in [-0.1, -0.05) is 12.8 Å². The molecule has 2 aliphatic rings. The molecule has 5 nitrogen and oxygen atoms in total. The van der Waals surface area contributed by atoms with E-state index in [1.54, 1.807) is 0 Å². The number of morpholine rings is 1. The van der Waals surface area contributed by atoms with E-state index in [4.69, 9.17) is 9.47 Å². The summed E-state index contributed by atoms with van der Waals surface area (Å²) in [7, 11) is -2.37. The van der Waals surface area contributed by atoms with Crippen LogP contribution in [0.25, 0.3) is 0 Å². The van der Waals surface area contributed by atoms with Crippen molar-refractivity contribution in [2.75, 3.05) is 20.3 Å². The van der Waals surface area contributed by atoms with Gasteiger partial charge in [-0.2, -0.15) is 4.31 Å².